The Labute approximate surface area is 115 Å². The summed E-state index contributed by atoms with van der Waals surface area (Å²) in [7, 11) is -5.19. The van der Waals surface area contributed by atoms with Crippen molar-refractivity contribution in [2.75, 3.05) is 0 Å². The van der Waals surface area contributed by atoms with Gasteiger partial charge in [0.25, 0.3) is 10.1 Å². The molecule has 110 valence electrons. The molecule has 0 amide bonds. The Balaban J connectivity index is 3.81. The zero-order chi connectivity index (χ0) is 15.7. The molecule has 1 atom stereocenters. The normalized spacial score (nSPS) is 14.6. The summed E-state index contributed by atoms with van der Waals surface area (Å²) in [5, 5.41) is 18.1. The van der Waals surface area contributed by atoms with Crippen LogP contribution in [-0.2, 0) is 24.5 Å². The first kappa shape index (κ1) is 16.1. The first-order valence-electron chi connectivity index (χ1n) is 5.53. The van der Waals surface area contributed by atoms with E-state index < -0.39 is 33.2 Å². The number of carbonyl (C=O) groups is 2. The molecule has 0 bridgehead atoms. The molecule has 0 radical (unpaired) electrons. The molecule has 8 heteroatoms. The fraction of sp³-hybridized carbons (Fsp3) is 0.333. The Kier molecular flexibility index (Phi) is 4.21. The van der Waals surface area contributed by atoms with Crippen LogP contribution < -0.4 is 0 Å². The number of hydrogen-bond donors (Lipinski definition) is 3. The number of rotatable bonds is 5. The van der Waals surface area contributed by atoms with Crippen LogP contribution in [0.1, 0.15) is 23.1 Å². The van der Waals surface area contributed by atoms with Gasteiger partial charge in [0.05, 0.1) is 6.42 Å². The van der Waals surface area contributed by atoms with E-state index in [4.69, 9.17) is 5.11 Å². The maximum absolute atomic E-state index is 11.6. The zero-order valence-corrected chi connectivity index (χ0v) is 11.6. The first-order valence-corrected chi connectivity index (χ1v) is 6.97. The number of benzene rings is 1. The van der Waals surface area contributed by atoms with Crippen LogP contribution in [0.2, 0.25) is 0 Å². The van der Waals surface area contributed by atoms with Crippen molar-refractivity contribution in [3.8, 4) is 0 Å². The molecule has 0 saturated carbocycles. The minimum absolute atomic E-state index is 0.255. The molecule has 20 heavy (non-hydrogen) atoms. The van der Waals surface area contributed by atoms with Gasteiger partial charge in [-0.15, -0.1) is 0 Å². The van der Waals surface area contributed by atoms with Gasteiger partial charge in [0, 0.05) is 0 Å². The van der Waals surface area contributed by atoms with Gasteiger partial charge in [-0.1, -0.05) is 18.2 Å². The van der Waals surface area contributed by atoms with Crippen LogP contribution in [0.3, 0.4) is 0 Å². The summed E-state index contributed by atoms with van der Waals surface area (Å²) >= 11 is 0. The molecular formula is C12H14O7S. The molecule has 0 aliphatic rings. The molecule has 7 nitrogen and oxygen atoms in total. The standard InChI is InChI=1S/C12H14O7S/c1-7-4-3-5-9(8(7)2)12(11(15)16,6-10(13)14)20(17,18)19/h3-5H,6H2,1-2H3,(H,13,14)(H,15,16)(H,17,18,19). The average molecular weight is 302 g/mol. The molecule has 0 spiro atoms. The molecule has 0 aliphatic carbocycles. The lowest BCUT2D eigenvalue weighted by atomic mass is 9.89. The summed E-state index contributed by atoms with van der Waals surface area (Å²) in [5.74, 6) is -3.58. The molecule has 1 unspecified atom stereocenters. The van der Waals surface area contributed by atoms with Gasteiger partial charge in [0.15, 0.2) is 0 Å². The van der Waals surface area contributed by atoms with Crippen molar-refractivity contribution < 1.29 is 32.8 Å². The van der Waals surface area contributed by atoms with E-state index in [2.05, 4.69) is 0 Å². The van der Waals surface area contributed by atoms with E-state index in [1.54, 1.807) is 13.0 Å². The fourth-order valence-electron chi connectivity index (χ4n) is 2.03. The van der Waals surface area contributed by atoms with Gasteiger partial charge in [-0.3, -0.25) is 14.1 Å². The molecular weight excluding hydrogens is 288 g/mol. The van der Waals surface area contributed by atoms with Crippen LogP contribution in [-0.4, -0.2) is 35.1 Å². The Morgan fingerprint density at radius 1 is 1.20 bits per heavy atom. The van der Waals surface area contributed by atoms with Crippen LogP contribution in [0, 0.1) is 13.8 Å². The van der Waals surface area contributed by atoms with E-state index in [1.807, 2.05) is 0 Å². The lowest BCUT2D eigenvalue weighted by Gasteiger charge is -2.27. The zero-order valence-electron chi connectivity index (χ0n) is 10.8. The highest BCUT2D eigenvalue weighted by Gasteiger charge is 2.54. The third-order valence-electron chi connectivity index (χ3n) is 3.23. The van der Waals surface area contributed by atoms with Crippen molar-refractivity contribution in [3.05, 3.63) is 34.9 Å². The Hall–Kier alpha value is -1.93. The van der Waals surface area contributed by atoms with E-state index >= 15 is 0 Å². The Morgan fingerprint density at radius 2 is 1.75 bits per heavy atom. The molecule has 0 aliphatic heterocycles. The maximum Gasteiger partial charge on any atom is 0.332 e. The number of carboxylic acids is 2. The molecule has 1 rings (SSSR count). The van der Waals surface area contributed by atoms with Crippen molar-refractivity contribution in [2.45, 2.75) is 25.0 Å². The van der Waals surface area contributed by atoms with Crippen molar-refractivity contribution in [3.63, 3.8) is 0 Å². The molecule has 0 aromatic heterocycles. The Morgan fingerprint density at radius 3 is 2.15 bits per heavy atom. The fourth-order valence-corrected chi connectivity index (χ4v) is 3.05. The average Bonchev–Trinajstić information content (AvgIpc) is 2.27. The lowest BCUT2D eigenvalue weighted by molar-refractivity contribution is -0.147. The molecule has 0 heterocycles. The number of aliphatic carboxylic acids is 2. The summed E-state index contributed by atoms with van der Waals surface area (Å²) in [6.07, 6.45) is -1.27. The van der Waals surface area contributed by atoms with Crippen LogP contribution in [0.25, 0.3) is 0 Å². The van der Waals surface area contributed by atoms with Crippen LogP contribution in [0.4, 0.5) is 0 Å². The van der Waals surface area contributed by atoms with Crippen LogP contribution >= 0.6 is 0 Å². The predicted octanol–water partition coefficient (Wildman–Crippen LogP) is 0.946. The van der Waals surface area contributed by atoms with Gasteiger partial charge < -0.3 is 10.2 Å². The van der Waals surface area contributed by atoms with Crippen LogP contribution in [0.5, 0.6) is 0 Å². The van der Waals surface area contributed by atoms with Gasteiger partial charge in [-0.05, 0) is 30.5 Å². The third kappa shape index (κ3) is 2.52. The smallest absolute Gasteiger partial charge is 0.332 e. The van der Waals surface area contributed by atoms with E-state index in [9.17, 15) is 27.7 Å². The molecule has 3 N–H and O–H groups in total. The first-order chi connectivity index (χ1) is 9.04. The highest BCUT2D eigenvalue weighted by molar-refractivity contribution is 7.87. The van der Waals surface area contributed by atoms with Crippen molar-refractivity contribution >= 4 is 22.1 Å². The highest BCUT2D eigenvalue weighted by atomic mass is 32.2. The second-order valence-electron chi connectivity index (χ2n) is 4.43. The summed E-state index contributed by atoms with van der Waals surface area (Å²) < 4.78 is 29.6. The minimum Gasteiger partial charge on any atom is -0.481 e. The number of aryl methyl sites for hydroxylation is 1. The summed E-state index contributed by atoms with van der Waals surface area (Å²) in [4.78, 5) is 22.4. The minimum atomic E-state index is -5.19. The summed E-state index contributed by atoms with van der Waals surface area (Å²) in [5.41, 5.74) is 0.630. The van der Waals surface area contributed by atoms with Gasteiger partial charge in [0.1, 0.15) is 0 Å². The van der Waals surface area contributed by atoms with E-state index in [0.29, 0.717) is 11.1 Å². The largest absolute Gasteiger partial charge is 0.481 e. The lowest BCUT2D eigenvalue weighted by Crippen LogP contribution is -2.45. The Bertz CT molecular complexity index is 662. The summed E-state index contributed by atoms with van der Waals surface area (Å²) in [6.45, 7) is 3.09. The van der Waals surface area contributed by atoms with E-state index in [1.165, 1.54) is 19.1 Å². The third-order valence-corrected chi connectivity index (χ3v) is 4.65. The van der Waals surface area contributed by atoms with Gasteiger partial charge in [0.2, 0.25) is 4.75 Å². The second kappa shape index (κ2) is 5.22. The molecule has 0 fully saturated rings. The summed E-state index contributed by atoms with van der Waals surface area (Å²) in [6, 6.07) is 4.21. The molecule has 1 aromatic rings. The highest BCUT2D eigenvalue weighted by Crippen LogP contribution is 2.37. The van der Waals surface area contributed by atoms with Crippen molar-refractivity contribution in [1.82, 2.24) is 0 Å². The topological polar surface area (TPSA) is 129 Å². The van der Waals surface area contributed by atoms with E-state index in [0.717, 1.165) is 0 Å². The quantitative estimate of drug-likeness (QED) is 0.690. The van der Waals surface area contributed by atoms with Gasteiger partial charge in [-0.25, -0.2) is 0 Å². The van der Waals surface area contributed by atoms with Crippen molar-refractivity contribution in [2.24, 2.45) is 0 Å². The predicted molar refractivity (Wildman–Crippen MR) is 69.0 cm³/mol. The number of hydrogen-bond acceptors (Lipinski definition) is 4. The number of carboxylic acid groups (broad SMARTS) is 2. The maximum atomic E-state index is 11.6. The van der Waals surface area contributed by atoms with E-state index in [-0.39, 0.29) is 5.56 Å². The molecule has 0 saturated heterocycles. The van der Waals surface area contributed by atoms with Gasteiger partial charge >= 0.3 is 11.9 Å². The molecule has 1 aromatic carbocycles. The van der Waals surface area contributed by atoms with Gasteiger partial charge in [-0.2, -0.15) is 8.42 Å². The SMILES string of the molecule is Cc1cccc(C(CC(=O)O)(C(=O)O)S(=O)(=O)O)c1C. The van der Waals surface area contributed by atoms with Crippen molar-refractivity contribution in [1.29, 1.82) is 0 Å². The second-order valence-corrected chi connectivity index (χ2v) is 6.07. The van der Waals surface area contributed by atoms with Crippen LogP contribution in [0.15, 0.2) is 18.2 Å². The monoisotopic (exact) mass is 302 g/mol.